The molecular formula is C54H39N5. The molecule has 3 aromatic heterocycles. The van der Waals surface area contributed by atoms with Gasteiger partial charge in [0.1, 0.15) is 5.82 Å². The van der Waals surface area contributed by atoms with Crippen LogP contribution in [-0.2, 0) is 5.41 Å². The Hall–Kier alpha value is -7.63. The van der Waals surface area contributed by atoms with Crippen LogP contribution in [0, 0.1) is 0 Å². The topological polar surface area (TPSA) is 48.5 Å². The number of hydrogen-bond donors (Lipinski definition) is 0. The van der Waals surface area contributed by atoms with Crippen molar-refractivity contribution >= 4 is 43.6 Å². The quantitative estimate of drug-likeness (QED) is 0.163. The Bertz CT molecular complexity index is 3290. The van der Waals surface area contributed by atoms with E-state index in [-0.39, 0.29) is 0 Å². The lowest BCUT2D eigenvalue weighted by molar-refractivity contribution is 0.587. The van der Waals surface area contributed by atoms with E-state index < -0.39 is 5.41 Å². The standard InChI is InChI=1S/C54H39N5/c1-54(2,53-56-51(36-18-6-3-7-19-36)55-52(57-53)37-20-8-4-9-21-37)39-22-16-25-41(35-39)59-47-30-15-13-27-45(47)50-42(28-17-31-48(50)59)38-32-33-44-43-26-12-14-29-46(43)58(49(44)34-38)40-23-10-5-11-24-40/h3-35H,1-2H3. The van der Waals surface area contributed by atoms with Crippen LogP contribution in [0.15, 0.2) is 200 Å². The van der Waals surface area contributed by atoms with Gasteiger partial charge >= 0.3 is 0 Å². The van der Waals surface area contributed by atoms with Crippen molar-refractivity contribution in [1.82, 2.24) is 24.1 Å². The summed E-state index contributed by atoms with van der Waals surface area (Å²) in [6, 6.07) is 71.0. The van der Waals surface area contributed by atoms with E-state index in [9.17, 15) is 0 Å². The first kappa shape index (κ1) is 34.6. The van der Waals surface area contributed by atoms with Gasteiger partial charge in [0.25, 0.3) is 0 Å². The summed E-state index contributed by atoms with van der Waals surface area (Å²) in [7, 11) is 0. The van der Waals surface area contributed by atoms with E-state index in [2.05, 4.69) is 187 Å². The monoisotopic (exact) mass is 757 g/mol. The summed E-state index contributed by atoms with van der Waals surface area (Å²) in [5.41, 5.74) is 11.8. The largest absolute Gasteiger partial charge is 0.309 e. The molecule has 0 atom stereocenters. The van der Waals surface area contributed by atoms with Crippen molar-refractivity contribution in [3.8, 4) is 45.3 Å². The Morgan fingerprint density at radius 1 is 0.373 bits per heavy atom. The summed E-state index contributed by atoms with van der Waals surface area (Å²) in [5.74, 6) is 2.04. The van der Waals surface area contributed by atoms with E-state index in [4.69, 9.17) is 15.0 Å². The summed E-state index contributed by atoms with van der Waals surface area (Å²) in [6.07, 6.45) is 0. The van der Waals surface area contributed by atoms with E-state index in [1.165, 1.54) is 43.7 Å². The molecule has 0 radical (unpaired) electrons. The van der Waals surface area contributed by atoms with Crippen molar-refractivity contribution in [1.29, 1.82) is 0 Å². The number of para-hydroxylation sites is 3. The minimum atomic E-state index is -0.553. The molecule has 0 aliphatic carbocycles. The minimum Gasteiger partial charge on any atom is -0.309 e. The van der Waals surface area contributed by atoms with Gasteiger partial charge in [-0.2, -0.15) is 0 Å². The summed E-state index contributed by atoms with van der Waals surface area (Å²) in [5, 5.41) is 4.93. The molecule has 8 aromatic carbocycles. The summed E-state index contributed by atoms with van der Waals surface area (Å²) in [4.78, 5) is 15.3. The van der Waals surface area contributed by atoms with E-state index >= 15 is 0 Å². The van der Waals surface area contributed by atoms with Crippen molar-refractivity contribution in [2.24, 2.45) is 0 Å². The molecule has 280 valence electrons. The second-order valence-electron chi connectivity index (χ2n) is 15.7. The molecule has 0 unspecified atom stereocenters. The Labute approximate surface area is 342 Å². The molecule has 0 amide bonds. The lowest BCUT2D eigenvalue weighted by Gasteiger charge is -2.25. The molecule has 0 saturated carbocycles. The molecule has 0 N–H and O–H groups in total. The maximum atomic E-state index is 5.14. The van der Waals surface area contributed by atoms with Gasteiger partial charge in [-0.1, -0.05) is 152 Å². The lowest BCUT2D eigenvalue weighted by Crippen LogP contribution is -2.24. The van der Waals surface area contributed by atoms with Gasteiger partial charge in [-0.15, -0.1) is 0 Å². The number of hydrogen-bond acceptors (Lipinski definition) is 3. The second kappa shape index (κ2) is 13.8. The second-order valence-corrected chi connectivity index (χ2v) is 15.7. The third kappa shape index (κ3) is 5.73. The molecule has 5 heteroatoms. The zero-order valence-corrected chi connectivity index (χ0v) is 32.8. The average molecular weight is 758 g/mol. The zero-order valence-electron chi connectivity index (χ0n) is 32.8. The molecule has 0 saturated heterocycles. The SMILES string of the molecule is CC(C)(c1cccc(-n2c3ccccc3c3c(-c4ccc5c6ccccc6n(-c6ccccc6)c5c4)cccc32)c1)c1nc(-c2ccccc2)nc(-c2ccccc2)n1. The smallest absolute Gasteiger partial charge is 0.163 e. The molecule has 11 rings (SSSR count). The van der Waals surface area contributed by atoms with Crippen molar-refractivity contribution in [3.63, 3.8) is 0 Å². The minimum absolute atomic E-state index is 0.553. The van der Waals surface area contributed by atoms with Gasteiger partial charge in [0.15, 0.2) is 11.6 Å². The van der Waals surface area contributed by atoms with Crippen LogP contribution in [0.4, 0.5) is 0 Å². The van der Waals surface area contributed by atoms with Crippen LogP contribution in [0.3, 0.4) is 0 Å². The number of benzene rings is 8. The van der Waals surface area contributed by atoms with Crippen LogP contribution in [-0.4, -0.2) is 24.1 Å². The van der Waals surface area contributed by atoms with E-state index in [0.717, 1.165) is 44.9 Å². The molecule has 0 spiro atoms. The molecule has 11 aromatic rings. The first-order valence-corrected chi connectivity index (χ1v) is 20.1. The maximum Gasteiger partial charge on any atom is 0.163 e. The van der Waals surface area contributed by atoms with Gasteiger partial charge < -0.3 is 9.13 Å². The van der Waals surface area contributed by atoms with Crippen molar-refractivity contribution < 1.29 is 0 Å². The summed E-state index contributed by atoms with van der Waals surface area (Å²) in [6.45, 7) is 4.42. The predicted octanol–water partition coefficient (Wildman–Crippen LogP) is 13.4. The van der Waals surface area contributed by atoms with Crippen molar-refractivity contribution in [2.75, 3.05) is 0 Å². The highest BCUT2D eigenvalue weighted by molar-refractivity contribution is 6.17. The van der Waals surface area contributed by atoms with E-state index in [1.54, 1.807) is 0 Å². The fourth-order valence-corrected chi connectivity index (χ4v) is 8.78. The third-order valence-electron chi connectivity index (χ3n) is 11.8. The van der Waals surface area contributed by atoms with Crippen LogP contribution < -0.4 is 0 Å². The summed E-state index contributed by atoms with van der Waals surface area (Å²) >= 11 is 0. The van der Waals surface area contributed by atoms with Gasteiger partial charge in [-0.25, -0.2) is 15.0 Å². The van der Waals surface area contributed by atoms with Crippen LogP contribution >= 0.6 is 0 Å². The van der Waals surface area contributed by atoms with Crippen molar-refractivity contribution in [3.05, 3.63) is 212 Å². The van der Waals surface area contributed by atoms with Crippen LogP contribution in [0.1, 0.15) is 25.2 Å². The van der Waals surface area contributed by atoms with Gasteiger partial charge in [0, 0.05) is 49.5 Å². The Morgan fingerprint density at radius 3 is 1.59 bits per heavy atom. The molecular weight excluding hydrogens is 719 g/mol. The highest BCUT2D eigenvalue weighted by Gasteiger charge is 2.29. The van der Waals surface area contributed by atoms with Crippen LogP contribution in [0.25, 0.3) is 88.9 Å². The first-order valence-electron chi connectivity index (χ1n) is 20.1. The third-order valence-corrected chi connectivity index (χ3v) is 11.8. The Balaban J connectivity index is 1.08. The summed E-state index contributed by atoms with van der Waals surface area (Å²) < 4.78 is 4.80. The highest BCUT2D eigenvalue weighted by atomic mass is 15.0. The normalized spacial score (nSPS) is 11.9. The fourth-order valence-electron chi connectivity index (χ4n) is 8.78. The molecule has 59 heavy (non-hydrogen) atoms. The first-order chi connectivity index (χ1) is 29.0. The molecule has 0 bridgehead atoms. The number of nitrogens with zero attached hydrogens (tertiary/aromatic N) is 5. The maximum absolute atomic E-state index is 5.14. The van der Waals surface area contributed by atoms with Gasteiger partial charge in [0.2, 0.25) is 0 Å². The number of fused-ring (bicyclic) bond motifs is 6. The van der Waals surface area contributed by atoms with E-state index in [1.807, 2.05) is 36.4 Å². The molecule has 5 nitrogen and oxygen atoms in total. The van der Waals surface area contributed by atoms with Crippen LogP contribution in [0.2, 0.25) is 0 Å². The lowest BCUT2D eigenvalue weighted by atomic mass is 9.83. The van der Waals surface area contributed by atoms with Crippen molar-refractivity contribution in [2.45, 2.75) is 19.3 Å². The Kier molecular flexibility index (Phi) is 8.09. The molecule has 0 fully saturated rings. The Morgan fingerprint density at radius 2 is 0.898 bits per heavy atom. The zero-order chi connectivity index (χ0) is 39.5. The van der Waals surface area contributed by atoms with E-state index in [0.29, 0.717) is 11.6 Å². The molecule has 0 aliphatic rings. The molecule has 3 heterocycles. The van der Waals surface area contributed by atoms with Crippen LogP contribution in [0.5, 0.6) is 0 Å². The fraction of sp³-hybridized carbons (Fsp3) is 0.0556. The average Bonchev–Trinajstić information content (AvgIpc) is 3.82. The highest BCUT2D eigenvalue weighted by Crippen LogP contribution is 2.42. The van der Waals surface area contributed by atoms with Gasteiger partial charge in [-0.05, 0) is 79.1 Å². The van der Waals surface area contributed by atoms with Gasteiger partial charge in [-0.3, -0.25) is 0 Å². The van der Waals surface area contributed by atoms with Gasteiger partial charge in [0.05, 0.1) is 22.1 Å². The predicted molar refractivity (Wildman–Crippen MR) is 243 cm³/mol. The molecule has 0 aliphatic heterocycles. The number of rotatable bonds is 7. The number of aromatic nitrogens is 5.